The van der Waals surface area contributed by atoms with Crippen molar-refractivity contribution in [2.45, 2.75) is 51.6 Å². The van der Waals surface area contributed by atoms with Crippen LogP contribution in [0.2, 0.25) is 0 Å². The number of pyridine rings is 1. The summed E-state index contributed by atoms with van der Waals surface area (Å²) < 4.78 is 13.8. The first-order valence-corrected chi connectivity index (χ1v) is 11.9. The van der Waals surface area contributed by atoms with Crippen LogP contribution in [-0.2, 0) is 11.2 Å². The lowest BCUT2D eigenvalue weighted by molar-refractivity contribution is -0.117. The predicted octanol–water partition coefficient (Wildman–Crippen LogP) is 4.36. The summed E-state index contributed by atoms with van der Waals surface area (Å²) in [7, 11) is 1.59. The molecule has 2 aromatic heterocycles. The number of hydrogen-bond acceptors (Lipinski definition) is 6. The van der Waals surface area contributed by atoms with Gasteiger partial charge in [0.1, 0.15) is 5.75 Å². The maximum Gasteiger partial charge on any atom is 0.224 e. The lowest BCUT2D eigenvalue weighted by atomic mass is 9.92. The van der Waals surface area contributed by atoms with E-state index in [-0.39, 0.29) is 11.9 Å². The van der Waals surface area contributed by atoms with Crippen LogP contribution in [0.25, 0.3) is 11.1 Å². The van der Waals surface area contributed by atoms with Gasteiger partial charge >= 0.3 is 0 Å². The molecule has 5 rings (SSSR count). The van der Waals surface area contributed by atoms with Crippen molar-refractivity contribution in [3.63, 3.8) is 0 Å². The van der Waals surface area contributed by atoms with Crippen LogP contribution in [0.1, 0.15) is 44.7 Å². The van der Waals surface area contributed by atoms with Crippen LogP contribution < -0.4 is 19.7 Å². The molecule has 0 spiro atoms. The van der Waals surface area contributed by atoms with Gasteiger partial charge in [-0.3, -0.25) is 9.48 Å². The molecule has 1 aromatic carbocycles. The first kappa shape index (κ1) is 22.4. The molecule has 1 fully saturated rings. The second-order valence-corrected chi connectivity index (χ2v) is 9.03. The van der Waals surface area contributed by atoms with Crippen LogP contribution in [0.5, 0.6) is 17.5 Å². The summed E-state index contributed by atoms with van der Waals surface area (Å²) in [4.78, 5) is 18.8. The van der Waals surface area contributed by atoms with Crippen molar-refractivity contribution in [3.8, 4) is 28.6 Å². The van der Waals surface area contributed by atoms with Gasteiger partial charge in [-0.1, -0.05) is 6.07 Å². The standard InChI is InChI=1S/C26H31N5O3/c1-17-7-8-22-23(31(17)18(2)32)10-9-21(26(22)34-25-6-4-5-24(29-25)33-3)19-15-28-30(16-19)20-11-13-27-14-12-20/h4-6,9-10,15-17,20,27H,7-8,11-14H2,1-3H3. The van der Waals surface area contributed by atoms with E-state index in [2.05, 4.69) is 28.1 Å². The fourth-order valence-electron chi connectivity index (χ4n) is 5.05. The smallest absolute Gasteiger partial charge is 0.224 e. The van der Waals surface area contributed by atoms with Crippen LogP contribution in [0.15, 0.2) is 42.7 Å². The van der Waals surface area contributed by atoms with E-state index in [1.807, 2.05) is 35.4 Å². The second-order valence-electron chi connectivity index (χ2n) is 9.03. The predicted molar refractivity (Wildman–Crippen MR) is 131 cm³/mol. The number of amides is 1. The molecule has 0 aliphatic carbocycles. The number of fused-ring (bicyclic) bond motifs is 1. The zero-order valence-corrected chi connectivity index (χ0v) is 20.0. The van der Waals surface area contributed by atoms with E-state index in [1.54, 1.807) is 20.1 Å². The molecule has 0 saturated carbocycles. The molecular weight excluding hydrogens is 430 g/mol. The Morgan fingerprint density at radius 1 is 1.12 bits per heavy atom. The van der Waals surface area contributed by atoms with Gasteiger partial charge in [0.05, 0.1) is 25.0 Å². The van der Waals surface area contributed by atoms with Gasteiger partial charge in [0.25, 0.3) is 0 Å². The highest BCUT2D eigenvalue weighted by molar-refractivity contribution is 5.95. The molecule has 1 amide bonds. The Balaban J connectivity index is 1.60. The average molecular weight is 462 g/mol. The summed E-state index contributed by atoms with van der Waals surface area (Å²) >= 11 is 0. The molecule has 1 atom stereocenters. The molecule has 2 aliphatic rings. The lowest BCUT2D eigenvalue weighted by Gasteiger charge is -2.35. The van der Waals surface area contributed by atoms with Crippen LogP contribution in [-0.4, -0.2) is 46.9 Å². The highest BCUT2D eigenvalue weighted by atomic mass is 16.5. The fraction of sp³-hybridized carbons (Fsp3) is 0.423. The Labute approximate surface area is 199 Å². The number of carbonyl (C=O) groups excluding carboxylic acids is 1. The highest BCUT2D eigenvalue weighted by Crippen LogP contribution is 2.44. The summed E-state index contributed by atoms with van der Waals surface area (Å²) in [5.41, 5.74) is 3.86. The van der Waals surface area contributed by atoms with Crippen molar-refractivity contribution in [1.29, 1.82) is 0 Å². The van der Waals surface area contributed by atoms with Gasteiger partial charge in [-0.05, 0) is 57.8 Å². The van der Waals surface area contributed by atoms with Crippen LogP contribution in [0.3, 0.4) is 0 Å². The monoisotopic (exact) mass is 461 g/mol. The molecule has 34 heavy (non-hydrogen) atoms. The Morgan fingerprint density at radius 2 is 1.91 bits per heavy atom. The van der Waals surface area contributed by atoms with Gasteiger partial charge in [0, 0.05) is 48.0 Å². The van der Waals surface area contributed by atoms with E-state index in [1.165, 1.54) is 0 Å². The normalized spacial score (nSPS) is 18.4. The molecule has 8 nitrogen and oxygen atoms in total. The number of nitrogens with one attached hydrogen (secondary N) is 1. The third-order valence-electron chi connectivity index (χ3n) is 6.80. The number of nitrogens with zero attached hydrogens (tertiary/aromatic N) is 4. The van der Waals surface area contributed by atoms with Crippen LogP contribution >= 0.6 is 0 Å². The largest absolute Gasteiger partial charge is 0.481 e. The third-order valence-corrected chi connectivity index (χ3v) is 6.80. The molecular formula is C26H31N5O3. The van der Waals surface area contributed by atoms with Gasteiger partial charge in [-0.2, -0.15) is 10.1 Å². The molecule has 178 valence electrons. The summed E-state index contributed by atoms with van der Waals surface area (Å²) in [6.07, 6.45) is 7.82. The summed E-state index contributed by atoms with van der Waals surface area (Å²) in [5.74, 6) is 1.70. The van der Waals surface area contributed by atoms with E-state index in [0.29, 0.717) is 17.8 Å². The summed E-state index contributed by atoms with van der Waals surface area (Å²) in [6.45, 7) is 5.72. The molecule has 1 unspecified atom stereocenters. The lowest BCUT2D eigenvalue weighted by Crippen LogP contribution is -2.40. The molecule has 8 heteroatoms. The van der Waals surface area contributed by atoms with Gasteiger partial charge in [-0.15, -0.1) is 0 Å². The third kappa shape index (κ3) is 4.25. The quantitative estimate of drug-likeness (QED) is 0.608. The zero-order chi connectivity index (χ0) is 23.7. The maximum absolute atomic E-state index is 12.5. The van der Waals surface area contributed by atoms with Crippen LogP contribution in [0, 0.1) is 0 Å². The average Bonchev–Trinajstić information content (AvgIpc) is 3.34. The van der Waals surface area contributed by atoms with E-state index in [4.69, 9.17) is 14.6 Å². The zero-order valence-electron chi connectivity index (χ0n) is 20.0. The number of benzene rings is 1. The maximum atomic E-state index is 12.5. The van der Waals surface area contributed by atoms with Crippen molar-refractivity contribution in [2.24, 2.45) is 0 Å². The molecule has 1 saturated heterocycles. The number of rotatable bonds is 5. The summed E-state index contributed by atoms with van der Waals surface area (Å²) in [5, 5.41) is 8.10. The minimum Gasteiger partial charge on any atom is -0.481 e. The SMILES string of the molecule is COc1cccc(Oc2c(-c3cnn(C4CCNCC4)c3)ccc3c2CCC(C)N3C(C)=O)n1. The number of aromatic nitrogens is 3. The van der Waals surface area contributed by atoms with Gasteiger partial charge < -0.3 is 19.7 Å². The number of hydrogen-bond donors (Lipinski definition) is 1. The molecule has 2 aliphatic heterocycles. The number of piperidine rings is 1. The van der Waals surface area contributed by atoms with Crippen molar-refractivity contribution >= 4 is 11.6 Å². The van der Waals surface area contributed by atoms with Gasteiger partial charge in [0.2, 0.25) is 17.7 Å². The first-order valence-electron chi connectivity index (χ1n) is 11.9. The Hall–Kier alpha value is -3.39. The van der Waals surface area contributed by atoms with Crippen molar-refractivity contribution in [3.05, 3.63) is 48.3 Å². The second kappa shape index (κ2) is 9.46. The number of anilines is 1. The molecule has 0 bridgehead atoms. The van der Waals surface area contributed by atoms with Crippen molar-refractivity contribution in [1.82, 2.24) is 20.1 Å². The Bertz CT molecular complexity index is 1180. The fourth-order valence-corrected chi connectivity index (χ4v) is 5.05. The summed E-state index contributed by atoms with van der Waals surface area (Å²) in [6, 6.07) is 10.1. The van der Waals surface area contributed by atoms with Crippen LogP contribution in [0.4, 0.5) is 5.69 Å². The Morgan fingerprint density at radius 3 is 2.68 bits per heavy atom. The van der Waals surface area contributed by atoms with Crippen molar-refractivity contribution in [2.75, 3.05) is 25.1 Å². The van der Waals surface area contributed by atoms with E-state index >= 15 is 0 Å². The van der Waals surface area contributed by atoms with Gasteiger partial charge in [-0.25, -0.2) is 0 Å². The number of ether oxygens (including phenoxy) is 2. The number of methoxy groups -OCH3 is 1. The molecule has 0 radical (unpaired) electrons. The first-order chi connectivity index (χ1) is 16.5. The minimum absolute atomic E-state index is 0.0328. The molecule has 4 heterocycles. The molecule has 1 N–H and O–H groups in total. The number of carbonyl (C=O) groups is 1. The van der Waals surface area contributed by atoms with E-state index < -0.39 is 0 Å². The minimum atomic E-state index is 0.0328. The molecule has 3 aromatic rings. The topological polar surface area (TPSA) is 81.5 Å². The van der Waals surface area contributed by atoms with E-state index in [0.717, 1.165) is 66.9 Å². The highest BCUT2D eigenvalue weighted by Gasteiger charge is 2.30. The van der Waals surface area contributed by atoms with Gasteiger partial charge in [0.15, 0.2) is 0 Å². The van der Waals surface area contributed by atoms with E-state index in [9.17, 15) is 4.79 Å². The van der Waals surface area contributed by atoms with Crippen molar-refractivity contribution < 1.29 is 14.3 Å². The Kier molecular flexibility index (Phi) is 6.24.